The number of carbonyl (C=O) groups excluding carboxylic acids is 1. The lowest BCUT2D eigenvalue weighted by molar-refractivity contribution is -0.131. The molecule has 2 N–H and O–H groups in total. The zero-order valence-corrected chi connectivity index (χ0v) is 13.8. The summed E-state index contributed by atoms with van der Waals surface area (Å²) < 4.78 is 0. The molecule has 1 saturated heterocycles. The van der Waals surface area contributed by atoms with Crippen molar-refractivity contribution in [3.8, 4) is 0 Å². The van der Waals surface area contributed by atoms with Crippen LogP contribution in [-0.4, -0.2) is 49.6 Å². The Bertz CT molecular complexity index is 283. The molecule has 1 aliphatic heterocycles. The fraction of sp³-hybridized carbons (Fsp3) is 0.938. The topological polar surface area (TPSA) is 44.4 Å². The van der Waals surface area contributed by atoms with Crippen molar-refractivity contribution in [1.82, 2.24) is 15.5 Å². The van der Waals surface area contributed by atoms with Gasteiger partial charge in [-0.1, -0.05) is 20.8 Å². The second-order valence-corrected chi connectivity index (χ2v) is 6.10. The van der Waals surface area contributed by atoms with Gasteiger partial charge in [-0.05, 0) is 58.8 Å². The predicted octanol–water partition coefficient (Wildman–Crippen LogP) is 2.00. The van der Waals surface area contributed by atoms with Crippen LogP contribution in [0.4, 0.5) is 0 Å². The largest absolute Gasteiger partial charge is 0.353 e. The summed E-state index contributed by atoms with van der Waals surface area (Å²) in [6.45, 7) is 13.8. The molecule has 0 aromatic heterocycles. The second kappa shape index (κ2) is 8.63. The Morgan fingerprint density at radius 1 is 1.35 bits per heavy atom. The van der Waals surface area contributed by atoms with Gasteiger partial charge in [-0.3, -0.25) is 4.79 Å². The Labute approximate surface area is 124 Å². The highest BCUT2D eigenvalue weighted by molar-refractivity contribution is 5.83. The van der Waals surface area contributed by atoms with Gasteiger partial charge in [-0.2, -0.15) is 0 Å². The van der Waals surface area contributed by atoms with E-state index in [1.165, 1.54) is 0 Å². The maximum atomic E-state index is 12.5. The second-order valence-electron chi connectivity index (χ2n) is 6.10. The van der Waals surface area contributed by atoms with E-state index in [0.29, 0.717) is 0 Å². The standard InChI is InChI=1S/C16H33N3O/c1-5-16(10-11-17-13-16)15(20)18-14(4)9-8-12-19(6-2)7-3/h14,17H,5-13H2,1-4H3,(H,18,20). The molecule has 0 aromatic rings. The fourth-order valence-corrected chi connectivity index (χ4v) is 3.01. The van der Waals surface area contributed by atoms with Crippen molar-refractivity contribution < 1.29 is 4.79 Å². The fourth-order valence-electron chi connectivity index (χ4n) is 3.01. The number of hydrogen-bond donors (Lipinski definition) is 2. The van der Waals surface area contributed by atoms with Crippen molar-refractivity contribution in [2.24, 2.45) is 5.41 Å². The smallest absolute Gasteiger partial charge is 0.227 e. The minimum absolute atomic E-state index is 0.160. The van der Waals surface area contributed by atoms with Gasteiger partial charge in [0.1, 0.15) is 0 Å². The molecule has 118 valence electrons. The van der Waals surface area contributed by atoms with Gasteiger partial charge in [0.15, 0.2) is 0 Å². The number of nitrogens with one attached hydrogen (secondary N) is 2. The van der Waals surface area contributed by atoms with Crippen molar-refractivity contribution in [2.45, 2.75) is 59.4 Å². The van der Waals surface area contributed by atoms with E-state index in [0.717, 1.165) is 58.4 Å². The van der Waals surface area contributed by atoms with Crippen LogP contribution in [0.15, 0.2) is 0 Å². The summed E-state index contributed by atoms with van der Waals surface area (Å²) in [4.78, 5) is 14.9. The Morgan fingerprint density at radius 2 is 2.05 bits per heavy atom. The lowest BCUT2D eigenvalue weighted by Gasteiger charge is -2.28. The number of nitrogens with zero attached hydrogens (tertiary/aromatic N) is 1. The third kappa shape index (κ3) is 4.74. The average Bonchev–Trinajstić information content (AvgIpc) is 2.93. The van der Waals surface area contributed by atoms with Crippen molar-refractivity contribution in [1.29, 1.82) is 0 Å². The van der Waals surface area contributed by atoms with Gasteiger partial charge >= 0.3 is 0 Å². The van der Waals surface area contributed by atoms with E-state index in [2.05, 4.69) is 43.2 Å². The van der Waals surface area contributed by atoms with Crippen LogP contribution < -0.4 is 10.6 Å². The molecule has 4 heteroatoms. The lowest BCUT2D eigenvalue weighted by Crippen LogP contribution is -2.45. The van der Waals surface area contributed by atoms with Gasteiger partial charge in [-0.15, -0.1) is 0 Å². The first-order valence-corrected chi connectivity index (χ1v) is 8.32. The number of hydrogen-bond acceptors (Lipinski definition) is 3. The van der Waals surface area contributed by atoms with Crippen molar-refractivity contribution >= 4 is 5.91 Å². The van der Waals surface area contributed by atoms with E-state index in [1.807, 2.05) is 0 Å². The van der Waals surface area contributed by atoms with Crippen LogP contribution in [-0.2, 0) is 4.79 Å². The molecule has 2 unspecified atom stereocenters. The van der Waals surface area contributed by atoms with E-state index >= 15 is 0 Å². The third-order valence-electron chi connectivity index (χ3n) is 4.79. The molecule has 1 heterocycles. The van der Waals surface area contributed by atoms with E-state index < -0.39 is 0 Å². The minimum Gasteiger partial charge on any atom is -0.353 e. The van der Waals surface area contributed by atoms with E-state index in [1.54, 1.807) is 0 Å². The van der Waals surface area contributed by atoms with E-state index in [-0.39, 0.29) is 17.4 Å². The zero-order valence-electron chi connectivity index (χ0n) is 13.8. The minimum atomic E-state index is -0.160. The third-order valence-corrected chi connectivity index (χ3v) is 4.79. The first kappa shape index (κ1) is 17.4. The normalized spacial score (nSPS) is 24.1. The van der Waals surface area contributed by atoms with Gasteiger partial charge in [-0.25, -0.2) is 0 Å². The SMILES string of the molecule is CCN(CC)CCCC(C)NC(=O)C1(CC)CCNC1. The summed E-state index contributed by atoms with van der Waals surface area (Å²) in [5, 5.41) is 6.55. The quantitative estimate of drug-likeness (QED) is 0.680. The van der Waals surface area contributed by atoms with Crippen LogP contribution in [0.5, 0.6) is 0 Å². The Balaban J connectivity index is 2.31. The molecule has 0 aliphatic carbocycles. The summed E-state index contributed by atoms with van der Waals surface area (Å²) in [5.41, 5.74) is -0.160. The molecular formula is C16H33N3O. The molecule has 1 aliphatic rings. The summed E-state index contributed by atoms with van der Waals surface area (Å²) in [5.74, 6) is 0.250. The Hall–Kier alpha value is -0.610. The zero-order chi connectivity index (χ0) is 15.0. The highest BCUT2D eigenvalue weighted by Crippen LogP contribution is 2.29. The maximum Gasteiger partial charge on any atom is 0.227 e. The van der Waals surface area contributed by atoms with Crippen molar-refractivity contribution in [2.75, 3.05) is 32.7 Å². The van der Waals surface area contributed by atoms with Crippen LogP contribution in [0.2, 0.25) is 0 Å². The maximum absolute atomic E-state index is 12.5. The summed E-state index contributed by atoms with van der Waals surface area (Å²) in [7, 11) is 0. The molecular weight excluding hydrogens is 250 g/mol. The van der Waals surface area contributed by atoms with Crippen LogP contribution in [0, 0.1) is 5.41 Å². The average molecular weight is 283 g/mol. The molecule has 20 heavy (non-hydrogen) atoms. The first-order chi connectivity index (χ1) is 9.57. The number of carbonyl (C=O) groups is 1. The Kier molecular flexibility index (Phi) is 7.52. The summed E-state index contributed by atoms with van der Waals surface area (Å²) >= 11 is 0. The number of rotatable bonds is 9. The van der Waals surface area contributed by atoms with Gasteiger partial charge in [0.2, 0.25) is 5.91 Å². The molecule has 4 nitrogen and oxygen atoms in total. The molecule has 0 aromatic carbocycles. The van der Waals surface area contributed by atoms with Gasteiger partial charge < -0.3 is 15.5 Å². The molecule has 0 bridgehead atoms. The van der Waals surface area contributed by atoms with Gasteiger partial charge in [0, 0.05) is 12.6 Å². The van der Waals surface area contributed by atoms with Crippen molar-refractivity contribution in [3.05, 3.63) is 0 Å². The summed E-state index contributed by atoms with van der Waals surface area (Å²) in [6, 6.07) is 0.280. The number of amides is 1. The predicted molar refractivity (Wildman–Crippen MR) is 84.8 cm³/mol. The molecule has 0 saturated carbocycles. The van der Waals surface area contributed by atoms with Crippen LogP contribution >= 0.6 is 0 Å². The Morgan fingerprint density at radius 3 is 2.55 bits per heavy atom. The van der Waals surface area contributed by atoms with Crippen molar-refractivity contribution in [3.63, 3.8) is 0 Å². The van der Waals surface area contributed by atoms with E-state index in [9.17, 15) is 4.79 Å². The molecule has 1 amide bonds. The van der Waals surface area contributed by atoms with Crippen LogP contribution in [0.25, 0.3) is 0 Å². The lowest BCUT2D eigenvalue weighted by atomic mass is 9.83. The van der Waals surface area contributed by atoms with E-state index in [4.69, 9.17) is 0 Å². The first-order valence-electron chi connectivity index (χ1n) is 8.32. The monoisotopic (exact) mass is 283 g/mol. The van der Waals surface area contributed by atoms with Crippen LogP contribution in [0.1, 0.15) is 53.4 Å². The molecule has 1 fully saturated rings. The highest BCUT2D eigenvalue weighted by atomic mass is 16.2. The van der Waals surface area contributed by atoms with Gasteiger partial charge in [0.05, 0.1) is 5.41 Å². The summed E-state index contributed by atoms with van der Waals surface area (Å²) in [6.07, 6.45) is 4.12. The molecule has 0 spiro atoms. The van der Waals surface area contributed by atoms with Gasteiger partial charge in [0.25, 0.3) is 0 Å². The van der Waals surface area contributed by atoms with Crippen LogP contribution in [0.3, 0.4) is 0 Å². The molecule has 0 radical (unpaired) electrons. The molecule has 1 rings (SSSR count). The highest BCUT2D eigenvalue weighted by Gasteiger charge is 2.39. The molecule has 2 atom stereocenters.